The van der Waals surface area contributed by atoms with Crippen molar-refractivity contribution in [3.8, 4) is 0 Å². The van der Waals surface area contributed by atoms with Gasteiger partial charge >= 0.3 is 6.09 Å². The fourth-order valence-corrected chi connectivity index (χ4v) is 6.89. The first kappa shape index (κ1) is 34.6. The molecule has 1 saturated heterocycles. The lowest BCUT2D eigenvalue weighted by molar-refractivity contribution is -0.141. The number of rotatable bonds is 8. The van der Waals surface area contributed by atoms with Crippen LogP contribution in [0.1, 0.15) is 43.9 Å². The van der Waals surface area contributed by atoms with Gasteiger partial charge < -0.3 is 25.0 Å². The number of likely N-dealkylation sites (tertiary alicyclic amines) is 1. The van der Waals surface area contributed by atoms with Gasteiger partial charge in [-0.2, -0.15) is 0 Å². The summed E-state index contributed by atoms with van der Waals surface area (Å²) in [6.45, 7) is 5.54. The number of fused-ring (bicyclic) bond motifs is 2. The zero-order chi connectivity index (χ0) is 35.6. The Labute approximate surface area is 292 Å². The molecule has 1 fully saturated rings. The van der Waals surface area contributed by atoms with Crippen molar-refractivity contribution in [2.24, 2.45) is 0 Å². The molecule has 0 bridgehead atoms. The fourth-order valence-electron chi connectivity index (χ4n) is 6.89. The number of anilines is 1. The van der Waals surface area contributed by atoms with E-state index in [-0.39, 0.29) is 31.7 Å². The van der Waals surface area contributed by atoms with Gasteiger partial charge in [0.25, 0.3) is 0 Å². The predicted molar refractivity (Wildman–Crippen MR) is 191 cm³/mol. The standard InChI is InChI=1S/C40H44N4O6/c1-40(2,3)50-39(49)44-33-17-11-10-16-30(33)22-35(44)38(48)43-25-31(45)23-34(43)36(46)41-32(37(47)42(4)24-26-12-6-5-7-13-26)21-27-18-19-28-14-8-9-15-29(28)20-27/h5-20,31-32,34-35,45H,21-25H2,1-4H3,(H,41,46)/t31-,32+,34+,35+/m1/s1. The van der Waals surface area contributed by atoms with E-state index in [1.165, 1.54) is 9.80 Å². The lowest BCUT2D eigenvalue weighted by atomic mass is 10.00. The van der Waals surface area contributed by atoms with E-state index < -0.39 is 47.7 Å². The largest absolute Gasteiger partial charge is 0.443 e. The van der Waals surface area contributed by atoms with Crippen molar-refractivity contribution < 1.29 is 29.0 Å². The Bertz CT molecular complexity index is 1890. The first-order valence-electron chi connectivity index (χ1n) is 17.0. The maximum absolute atomic E-state index is 14.3. The van der Waals surface area contributed by atoms with Crippen LogP contribution >= 0.6 is 0 Å². The topological polar surface area (TPSA) is 119 Å². The second kappa shape index (κ2) is 14.3. The van der Waals surface area contributed by atoms with Crippen molar-refractivity contribution in [3.63, 3.8) is 0 Å². The second-order valence-corrected chi connectivity index (χ2v) is 14.2. The Kier molecular flexibility index (Phi) is 9.93. The maximum atomic E-state index is 14.3. The minimum Gasteiger partial charge on any atom is -0.443 e. The number of aliphatic hydroxyl groups excluding tert-OH is 1. The summed E-state index contributed by atoms with van der Waals surface area (Å²) in [5.74, 6) is -1.29. The van der Waals surface area contributed by atoms with E-state index in [1.54, 1.807) is 44.9 Å². The molecular formula is C40H44N4O6. The minimum absolute atomic E-state index is 0.000416. The van der Waals surface area contributed by atoms with Crippen LogP contribution < -0.4 is 10.2 Å². The van der Waals surface area contributed by atoms with E-state index in [4.69, 9.17) is 4.74 Å². The zero-order valence-electron chi connectivity index (χ0n) is 28.9. The average Bonchev–Trinajstić information content (AvgIpc) is 3.68. The quantitative estimate of drug-likeness (QED) is 0.276. The van der Waals surface area contributed by atoms with Gasteiger partial charge in [-0.3, -0.25) is 19.3 Å². The molecule has 2 aliphatic heterocycles. The monoisotopic (exact) mass is 676 g/mol. The van der Waals surface area contributed by atoms with Crippen molar-refractivity contribution in [2.45, 2.75) is 76.4 Å². The summed E-state index contributed by atoms with van der Waals surface area (Å²) in [7, 11) is 1.70. The van der Waals surface area contributed by atoms with E-state index in [2.05, 4.69) is 5.32 Å². The summed E-state index contributed by atoms with van der Waals surface area (Å²) in [5.41, 5.74) is 2.39. The average molecular weight is 677 g/mol. The van der Waals surface area contributed by atoms with Crippen molar-refractivity contribution in [1.82, 2.24) is 15.1 Å². The Morgan fingerprint density at radius 3 is 2.30 bits per heavy atom. The van der Waals surface area contributed by atoms with Crippen molar-refractivity contribution in [1.29, 1.82) is 0 Å². The normalized spacial score (nSPS) is 19.2. The highest BCUT2D eigenvalue weighted by atomic mass is 16.6. The number of ether oxygens (including phenoxy) is 1. The summed E-state index contributed by atoms with van der Waals surface area (Å²) in [6.07, 6.45) is -1.15. The number of carbonyl (C=O) groups is 4. The van der Waals surface area contributed by atoms with Gasteiger partial charge in [-0.05, 0) is 54.3 Å². The van der Waals surface area contributed by atoms with Gasteiger partial charge in [0, 0.05) is 39.4 Å². The second-order valence-electron chi connectivity index (χ2n) is 14.2. The van der Waals surface area contributed by atoms with Crippen LogP contribution in [0.3, 0.4) is 0 Å². The molecule has 10 heteroatoms. The van der Waals surface area contributed by atoms with Crippen LogP contribution in [-0.4, -0.2) is 82.1 Å². The highest BCUT2D eigenvalue weighted by Gasteiger charge is 2.47. The first-order valence-corrected chi connectivity index (χ1v) is 17.0. The molecule has 4 amide bonds. The SMILES string of the molecule is CN(Cc1ccccc1)C(=O)[C@H](Cc1ccc2ccccc2c1)NC(=O)[C@@H]1C[C@@H](O)CN1C(=O)[C@@H]1Cc2ccccc2N1C(=O)OC(C)(C)C. The fraction of sp³-hybridized carbons (Fsp3) is 0.350. The third-order valence-corrected chi connectivity index (χ3v) is 9.22. The number of hydrogen-bond acceptors (Lipinski definition) is 6. The molecule has 2 heterocycles. The molecule has 10 nitrogen and oxygen atoms in total. The van der Waals surface area contributed by atoms with Crippen LogP contribution in [0.15, 0.2) is 97.1 Å². The zero-order valence-corrected chi connectivity index (χ0v) is 28.9. The molecule has 0 saturated carbocycles. The van der Waals surface area contributed by atoms with Crippen molar-refractivity contribution in [3.05, 3.63) is 114 Å². The third kappa shape index (κ3) is 7.65. The molecular weight excluding hydrogens is 632 g/mol. The Morgan fingerprint density at radius 1 is 0.880 bits per heavy atom. The van der Waals surface area contributed by atoms with Crippen LogP contribution in [0.25, 0.3) is 10.8 Å². The lowest BCUT2D eigenvalue weighted by Crippen LogP contribution is -2.57. The molecule has 4 atom stereocenters. The van der Waals surface area contributed by atoms with E-state index in [9.17, 15) is 24.3 Å². The first-order chi connectivity index (χ1) is 23.9. The van der Waals surface area contributed by atoms with E-state index >= 15 is 0 Å². The summed E-state index contributed by atoms with van der Waals surface area (Å²) in [6, 6.07) is 27.8. The van der Waals surface area contributed by atoms with E-state index in [0.29, 0.717) is 12.2 Å². The Hall–Kier alpha value is -5.22. The van der Waals surface area contributed by atoms with Crippen LogP contribution in [0.4, 0.5) is 10.5 Å². The number of aliphatic hydroxyl groups is 1. The molecule has 0 spiro atoms. The number of likely N-dealkylation sites (N-methyl/N-ethyl adjacent to an activating group) is 1. The van der Waals surface area contributed by atoms with Crippen LogP contribution in [-0.2, 0) is 38.5 Å². The van der Waals surface area contributed by atoms with Gasteiger partial charge in [-0.15, -0.1) is 0 Å². The molecule has 6 rings (SSSR count). The maximum Gasteiger partial charge on any atom is 0.415 e. The van der Waals surface area contributed by atoms with Gasteiger partial charge in [0.2, 0.25) is 17.7 Å². The van der Waals surface area contributed by atoms with Crippen LogP contribution in [0.2, 0.25) is 0 Å². The van der Waals surface area contributed by atoms with E-state index in [0.717, 1.165) is 27.5 Å². The molecule has 50 heavy (non-hydrogen) atoms. The number of nitrogens with zero attached hydrogens (tertiary/aromatic N) is 3. The number of para-hydroxylation sites is 1. The molecule has 4 aromatic rings. The lowest BCUT2D eigenvalue weighted by Gasteiger charge is -2.33. The molecule has 4 aromatic carbocycles. The van der Waals surface area contributed by atoms with Crippen molar-refractivity contribution in [2.75, 3.05) is 18.5 Å². The molecule has 0 aliphatic carbocycles. The van der Waals surface area contributed by atoms with Gasteiger partial charge in [0.15, 0.2) is 0 Å². The smallest absolute Gasteiger partial charge is 0.415 e. The van der Waals surface area contributed by atoms with Crippen molar-refractivity contribution >= 4 is 40.3 Å². The van der Waals surface area contributed by atoms with Gasteiger partial charge in [-0.1, -0.05) is 91.0 Å². The van der Waals surface area contributed by atoms with E-state index in [1.807, 2.05) is 84.9 Å². The summed E-state index contributed by atoms with van der Waals surface area (Å²) >= 11 is 0. The number of hydrogen-bond donors (Lipinski definition) is 2. The predicted octanol–water partition coefficient (Wildman–Crippen LogP) is 4.85. The summed E-state index contributed by atoms with van der Waals surface area (Å²) < 4.78 is 5.69. The Balaban J connectivity index is 1.25. The number of nitrogens with one attached hydrogen (secondary N) is 1. The van der Waals surface area contributed by atoms with Crippen LogP contribution in [0, 0.1) is 0 Å². The summed E-state index contributed by atoms with van der Waals surface area (Å²) in [5, 5.41) is 15.8. The third-order valence-electron chi connectivity index (χ3n) is 9.22. The molecule has 2 aliphatic rings. The highest BCUT2D eigenvalue weighted by molar-refractivity contribution is 6.02. The number of benzene rings is 4. The molecule has 0 aromatic heterocycles. The van der Waals surface area contributed by atoms with Gasteiger partial charge in [0.05, 0.1) is 11.8 Å². The molecule has 0 unspecified atom stereocenters. The number of β-amino-alcohol motifs (C(OH)–C–C–N with tert-alkyl or cyclic N) is 1. The number of amides is 4. The number of carbonyl (C=O) groups excluding carboxylic acids is 4. The van der Waals surface area contributed by atoms with Crippen LogP contribution in [0.5, 0.6) is 0 Å². The molecule has 260 valence electrons. The van der Waals surface area contributed by atoms with Gasteiger partial charge in [-0.25, -0.2) is 4.79 Å². The highest BCUT2D eigenvalue weighted by Crippen LogP contribution is 2.35. The Morgan fingerprint density at radius 2 is 1.56 bits per heavy atom. The minimum atomic E-state index is -1.05. The van der Waals surface area contributed by atoms with Gasteiger partial charge in [0.1, 0.15) is 23.7 Å². The molecule has 0 radical (unpaired) electrons. The molecule has 2 N–H and O–H groups in total. The summed E-state index contributed by atoms with van der Waals surface area (Å²) in [4.78, 5) is 60.3.